The molecule has 4 aromatic heterocycles. The number of benzene rings is 8. The first-order chi connectivity index (χ1) is 27.8. The fraction of sp³-hybridized carbons (Fsp3) is 0. The summed E-state index contributed by atoms with van der Waals surface area (Å²) in [4.78, 5) is 0. The quantitative estimate of drug-likeness (QED) is 0.178. The highest BCUT2D eigenvalue weighted by Gasteiger charge is 2.25. The Labute approximate surface area is 320 Å². The maximum absolute atomic E-state index is 6.39. The van der Waals surface area contributed by atoms with Gasteiger partial charge in [-0.2, -0.15) is 0 Å². The van der Waals surface area contributed by atoms with Crippen molar-refractivity contribution in [1.82, 2.24) is 24.1 Å². The van der Waals surface area contributed by atoms with Gasteiger partial charge < -0.3 is 13.6 Å². The highest BCUT2D eigenvalue weighted by Crippen LogP contribution is 2.44. The molecule has 0 bridgehead atoms. The lowest BCUT2D eigenvalue weighted by molar-refractivity contribution is 0.669. The van der Waals surface area contributed by atoms with Crippen LogP contribution in [-0.2, 0) is 0 Å². The Kier molecular flexibility index (Phi) is 6.53. The minimum atomic E-state index is 0.841. The molecule has 0 saturated heterocycles. The lowest BCUT2D eigenvalue weighted by Gasteiger charge is -2.17. The van der Waals surface area contributed by atoms with Crippen LogP contribution in [0.15, 0.2) is 192 Å². The molecule has 0 amide bonds. The van der Waals surface area contributed by atoms with Gasteiger partial charge in [-0.05, 0) is 54.6 Å². The predicted octanol–water partition coefficient (Wildman–Crippen LogP) is 12.7. The van der Waals surface area contributed by atoms with Crippen molar-refractivity contribution in [2.45, 2.75) is 0 Å². The van der Waals surface area contributed by atoms with Crippen LogP contribution in [0.5, 0.6) is 0 Å². The smallest absolute Gasteiger partial charge is 0.136 e. The van der Waals surface area contributed by atoms with Crippen molar-refractivity contribution in [3.63, 3.8) is 0 Å². The summed E-state index contributed by atoms with van der Waals surface area (Å²) >= 11 is 0. The second kappa shape index (κ2) is 11.9. The molecule has 0 atom stereocenters. The highest BCUT2D eigenvalue weighted by molar-refractivity contribution is 6.27. The molecular formula is C50H31N5O. The van der Waals surface area contributed by atoms with Gasteiger partial charge in [0.05, 0.1) is 39.1 Å². The van der Waals surface area contributed by atoms with Crippen molar-refractivity contribution in [3.8, 4) is 39.6 Å². The van der Waals surface area contributed by atoms with E-state index in [1.54, 1.807) is 0 Å². The molecule has 0 fully saturated rings. The zero-order valence-corrected chi connectivity index (χ0v) is 30.0. The Hall–Kier alpha value is -7.70. The van der Waals surface area contributed by atoms with Gasteiger partial charge in [-0.15, -0.1) is 5.10 Å². The van der Waals surface area contributed by atoms with Crippen molar-refractivity contribution < 1.29 is 4.42 Å². The zero-order chi connectivity index (χ0) is 36.7. The summed E-state index contributed by atoms with van der Waals surface area (Å²) in [5.74, 6) is 0. The minimum Gasteiger partial charge on any atom is -0.456 e. The monoisotopic (exact) mass is 717 g/mol. The molecule has 0 unspecified atom stereocenters. The van der Waals surface area contributed by atoms with E-state index in [1.165, 1.54) is 10.8 Å². The third-order valence-electron chi connectivity index (χ3n) is 11.2. The van der Waals surface area contributed by atoms with E-state index < -0.39 is 0 Å². The molecule has 0 radical (unpaired) electrons. The zero-order valence-electron chi connectivity index (χ0n) is 30.0. The number of rotatable bonds is 5. The summed E-state index contributed by atoms with van der Waals surface area (Å²) in [6, 6.07) is 66.1. The van der Waals surface area contributed by atoms with E-state index in [4.69, 9.17) is 14.7 Å². The Balaban J connectivity index is 1.16. The molecule has 0 saturated carbocycles. The largest absolute Gasteiger partial charge is 0.456 e. The van der Waals surface area contributed by atoms with Gasteiger partial charge in [0.25, 0.3) is 0 Å². The van der Waals surface area contributed by atoms with Gasteiger partial charge >= 0.3 is 0 Å². The van der Waals surface area contributed by atoms with Crippen LogP contribution in [0.4, 0.5) is 0 Å². The van der Waals surface area contributed by atoms with E-state index in [-0.39, 0.29) is 0 Å². The van der Waals surface area contributed by atoms with E-state index in [1.807, 2.05) is 35.0 Å². The van der Waals surface area contributed by atoms with Crippen LogP contribution in [-0.4, -0.2) is 24.1 Å². The Morgan fingerprint density at radius 2 is 0.893 bits per heavy atom. The molecule has 6 nitrogen and oxygen atoms in total. The lowest BCUT2D eigenvalue weighted by atomic mass is 10.0. The van der Waals surface area contributed by atoms with Gasteiger partial charge in [-0.1, -0.05) is 139 Å². The van der Waals surface area contributed by atoms with Crippen molar-refractivity contribution in [1.29, 1.82) is 0 Å². The van der Waals surface area contributed by atoms with E-state index in [0.29, 0.717) is 0 Å². The molecule has 0 aliphatic carbocycles. The molecular weight excluding hydrogens is 687 g/mol. The van der Waals surface area contributed by atoms with Gasteiger partial charge in [0.15, 0.2) is 0 Å². The fourth-order valence-electron chi connectivity index (χ4n) is 8.91. The second-order valence-corrected chi connectivity index (χ2v) is 14.2. The van der Waals surface area contributed by atoms with Gasteiger partial charge in [-0.25, -0.2) is 4.68 Å². The summed E-state index contributed by atoms with van der Waals surface area (Å²) in [6.07, 6.45) is 0. The Bertz CT molecular complexity index is 3480. The summed E-state index contributed by atoms with van der Waals surface area (Å²) in [5.41, 5.74) is 13.2. The maximum Gasteiger partial charge on any atom is 0.136 e. The number of furan rings is 1. The van der Waals surface area contributed by atoms with Crippen molar-refractivity contribution in [2.24, 2.45) is 0 Å². The summed E-state index contributed by atoms with van der Waals surface area (Å²) in [7, 11) is 0. The number of aromatic nitrogens is 5. The van der Waals surface area contributed by atoms with Crippen molar-refractivity contribution in [3.05, 3.63) is 188 Å². The van der Waals surface area contributed by atoms with Gasteiger partial charge in [0.2, 0.25) is 0 Å². The molecule has 56 heavy (non-hydrogen) atoms. The van der Waals surface area contributed by atoms with Gasteiger partial charge in [0.1, 0.15) is 22.6 Å². The highest BCUT2D eigenvalue weighted by atomic mass is 16.3. The molecule has 6 heteroatoms. The number of para-hydroxylation sites is 5. The summed E-state index contributed by atoms with van der Waals surface area (Å²) < 4.78 is 13.2. The molecule has 8 aromatic carbocycles. The first kappa shape index (κ1) is 30.7. The average Bonchev–Trinajstić information content (AvgIpc) is 4.04. The summed E-state index contributed by atoms with van der Waals surface area (Å²) in [6.45, 7) is 0. The van der Waals surface area contributed by atoms with E-state index >= 15 is 0 Å². The van der Waals surface area contributed by atoms with Gasteiger partial charge in [0, 0.05) is 43.4 Å². The molecule has 4 heterocycles. The fourth-order valence-corrected chi connectivity index (χ4v) is 8.91. The lowest BCUT2D eigenvalue weighted by Crippen LogP contribution is -2.04. The Morgan fingerprint density at radius 1 is 0.357 bits per heavy atom. The SMILES string of the molecule is c1ccc(-c2nnn(-c3cccc4c3c3ccccc3n4-c3ccccc3-n3c4ccccc4c4c5c(ccc43)oc3ccccc35)c2-c2ccccc2)cc1. The first-order valence-corrected chi connectivity index (χ1v) is 18.9. The number of hydrogen-bond acceptors (Lipinski definition) is 3. The molecule has 0 aliphatic rings. The van der Waals surface area contributed by atoms with Gasteiger partial charge in [-0.3, -0.25) is 0 Å². The standard InChI is InChI=1S/C50H31N5O/c1-3-16-32(17-4-1)49-50(33-18-5-2-6-19-33)55(52-51-49)43-28-15-27-41-46(43)34-20-7-10-23-37(34)53(41)39-25-12-13-26-40(39)54-38-24-11-8-21-35(38)47-42(54)30-31-45-48(47)36-22-9-14-29-44(36)56-45/h1-31H. The predicted molar refractivity (Wildman–Crippen MR) is 228 cm³/mol. The van der Waals surface area contributed by atoms with Crippen molar-refractivity contribution in [2.75, 3.05) is 0 Å². The topological polar surface area (TPSA) is 53.7 Å². The molecule has 262 valence electrons. The van der Waals surface area contributed by atoms with Crippen LogP contribution in [0.1, 0.15) is 0 Å². The Morgan fingerprint density at radius 3 is 1.61 bits per heavy atom. The third-order valence-corrected chi connectivity index (χ3v) is 11.2. The van der Waals surface area contributed by atoms with Crippen LogP contribution in [0.2, 0.25) is 0 Å². The normalized spacial score (nSPS) is 11.9. The molecule has 0 aliphatic heterocycles. The van der Waals surface area contributed by atoms with Crippen LogP contribution in [0, 0.1) is 0 Å². The van der Waals surface area contributed by atoms with Crippen LogP contribution in [0.3, 0.4) is 0 Å². The van der Waals surface area contributed by atoms with E-state index in [0.717, 1.165) is 94.4 Å². The van der Waals surface area contributed by atoms with Crippen LogP contribution in [0.25, 0.3) is 105 Å². The second-order valence-electron chi connectivity index (χ2n) is 14.2. The first-order valence-electron chi connectivity index (χ1n) is 18.9. The number of nitrogens with zero attached hydrogens (tertiary/aromatic N) is 5. The van der Waals surface area contributed by atoms with Crippen molar-refractivity contribution >= 4 is 65.6 Å². The van der Waals surface area contributed by atoms with E-state index in [2.05, 4.69) is 167 Å². The third kappa shape index (κ3) is 4.32. The van der Waals surface area contributed by atoms with E-state index in [9.17, 15) is 0 Å². The number of hydrogen-bond donors (Lipinski definition) is 0. The minimum absolute atomic E-state index is 0.841. The molecule has 0 spiro atoms. The summed E-state index contributed by atoms with van der Waals surface area (Å²) in [5, 5.41) is 16.6. The van der Waals surface area contributed by atoms with Crippen LogP contribution < -0.4 is 0 Å². The molecule has 12 rings (SSSR count). The average molecular weight is 718 g/mol. The molecule has 12 aromatic rings. The molecule has 0 N–H and O–H groups in total. The number of fused-ring (bicyclic) bond motifs is 10. The van der Waals surface area contributed by atoms with Crippen LogP contribution >= 0.6 is 0 Å². The maximum atomic E-state index is 6.39.